The van der Waals surface area contributed by atoms with Crippen LogP contribution in [0.15, 0.2) is 24.8 Å². The number of benzene rings is 1. The largest absolute Gasteiger partial charge is 0.496 e. The van der Waals surface area contributed by atoms with Crippen LogP contribution in [0.1, 0.15) is 38.3 Å². The fourth-order valence-electron chi connectivity index (χ4n) is 3.11. The molecule has 1 saturated heterocycles. The van der Waals surface area contributed by atoms with Crippen molar-refractivity contribution in [2.75, 3.05) is 27.2 Å². The first-order valence-electron chi connectivity index (χ1n) is 9.17. The molecule has 148 valence electrons. The SMILES string of the molecule is C=Cc1ccc(OC)c(CC(=O)N(C)[C@H]2CCN(C(=O)OC(C)(C)C)C2)c1. The summed E-state index contributed by atoms with van der Waals surface area (Å²) < 4.78 is 10.8. The van der Waals surface area contributed by atoms with Crippen molar-refractivity contribution in [1.82, 2.24) is 9.80 Å². The fraction of sp³-hybridized carbons (Fsp3) is 0.524. The third-order valence-electron chi connectivity index (χ3n) is 4.64. The van der Waals surface area contributed by atoms with Gasteiger partial charge in [-0.05, 0) is 44.9 Å². The molecule has 0 unspecified atom stereocenters. The maximum Gasteiger partial charge on any atom is 0.410 e. The Morgan fingerprint density at radius 1 is 1.37 bits per heavy atom. The third-order valence-corrected chi connectivity index (χ3v) is 4.64. The Labute approximate surface area is 161 Å². The molecule has 0 aliphatic carbocycles. The molecule has 0 spiro atoms. The number of carbonyl (C=O) groups excluding carboxylic acids is 2. The molecule has 1 heterocycles. The van der Waals surface area contributed by atoms with Crippen LogP contribution in [0.25, 0.3) is 6.08 Å². The van der Waals surface area contributed by atoms with Crippen molar-refractivity contribution < 1.29 is 19.1 Å². The van der Waals surface area contributed by atoms with Gasteiger partial charge in [0.15, 0.2) is 0 Å². The molecule has 27 heavy (non-hydrogen) atoms. The van der Waals surface area contributed by atoms with E-state index in [0.717, 1.165) is 17.5 Å². The van der Waals surface area contributed by atoms with Gasteiger partial charge in [-0.25, -0.2) is 4.79 Å². The van der Waals surface area contributed by atoms with E-state index in [9.17, 15) is 9.59 Å². The van der Waals surface area contributed by atoms with Crippen molar-refractivity contribution in [3.8, 4) is 5.75 Å². The molecule has 6 nitrogen and oxygen atoms in total. The number of nitrogens with zero attached hydrogens (tertiary/aromatic N) is 2. The molecular weight excluding hydrogens is 344 g/mol. The van der Waals surface area contributed by atoms with Crippen molar-refractivity contribution in [3.63, 3.8) is 0 Å². The lowest BCUT2D eigenvalue weighted by Gasteiger charge is -2.27. The number of carbonyl (C=O) groups is 2. The van der Waals surface area contributed by atoms with Crippen molar-refractivity contribution in [1.29, 1.82) is 0 Å². The summed E-state index contributed by atoms with van der Waals surface area (Å²) in [5.74, 6) is 0.676. The van der Waals surface area contributed by atoms with Gasteiger partial charge in [0, 0.05) is 25.7 Å². The van der Waals surface area contributed by atoms with Gasteiger partial charge in [0.2, 0.25) is 5.91 Å². The summed E-state index contributed by atoms with van der Waals surface area (Å²) in [6.07, 6.45) is 2.40. The van der Waals surface area contributed by atoms with E-state index in [2.05, 4.69) is 6.58 Å². The Hall–Kier alpha value is -2.50. The molecular formula is C21H30N2O4. The first-order chi connectivity index (χ1) is 12.6. The highest BCUT2D eigenvalue weighted by Crippen LogP contribution is 2.23. The molecule has 0 aromatic heterocycles. The number of amides is 2. The van der Waals surface area contributed by atoms with Crippen molar-refractivity contribution >= 4 is 18.1 Å². The van der Waals surface area contributed by atoms with Gasteiger partial charge in [-0.1, -0.05) is 18.7 Å². The summed E-state index contributed by atoms with van der Waals surface area (Å²) in [4.78, 5) is 28.4. The monoisotopic (exact) mass is 374 g/mol. The molecule has 0 N–H and O–H groups in total. The first kappa shape index (κ1) is 20.8. The molecule has 1 atom stereocenters. The minimum atomic E-state index is -0.524. The standard InChI is InChI=1S/C21H30N2O4/c1-7-15-8-9-18(26-6)16(12-15)13-19(24)22(5)17-10-11-23(14-17)20(25)27-21(2,3)4/h7-9,12,17H,1,10-11,13-14H2,2-6H3/t17-/m0/s1. The first-order valence-corrected chi connectivity index (χ1v) is 9.17. The Balaban J connectivity index is 2.00. The summed E-state index contributed by atoms with van der Waals surface area (Å²) in [6.45, 7) is 10.4. The minimum absolute atomic E-state index is 0.00875. The maximum atomic E-state index is 12.8. The molecule has 1 aliphatic heterocycles. The average Bonchev–Trinajstić information content (AvgIpc) is 3.09. The zero-order chi connectivity index (χ0) is 20.2. The van der Waals surface area contributed by atoms with E-state index in [4.69, 9.17) is 9.47 Å². The van der Waals surface area contributed by atoms with Crippen LogP contribution in [-0.2, 0) is 16.0 Å². The summed E-state index contributed by atoms with van der Waals surface area (Å²) in [5, 5.41) is 0. The Kier molecular flexibility index (Phi) is 6.52. The van der Waals surface area contributed by atoms with Crippen LogP contribution in [0.5, 0.6) is 5.75 Å². The van der Waals surface area contributed by atoms with Gasteiger partial charge in [-0.15, -0.1) is 0 Å². The Morgan fingerprint density at radius 2 is 2.07 bits per heavy atom. The zero-order valence-corrected chi connectivity index (χ0v) is 16.9. The highest BCUT2D eigenvalue weighted by Gasteiger charge is 2.33. The van der Waals surface area contributed by atoms with E-state index >= 15 is 0 Å². The Bertz CT molecular complexity index is 709. The quantitative estimate of drug-likeness (QED) is 0.793. The maximum absolute atomic E-state index is 12.8. The normalized spacial score (nSPS) is 16.8. The molecule has 1 aromatic carbocycles. The lowest BCUT2D eigenvalue weighted by Crippen LogP contribution is -2.41. The number of methoxy groups -OCH3 is 1. The van der Waals surface area contributed by atoms with Crippen LogP contribution in [0.3, 0.4) is 0 Å². The van der Waals surface area contributed by atoms with Crippen LogP contribution in [0, 0.1) is 0 Å². The molecule has 6 heteroatoms. The summed E-state index contributed by atoms with van der Waals surface area (Å²) >= 11 is 0. The molecule has 0 bridgehead atoms. The van der Waals surface area contributed by atoms with Crippen LogP contribution in [0.4, 0.5) is 4.79 Å². The summed E-state index contributed by atoms with van der Waals surface area (Å²) in [6, 6.07) is 5.65. The summed E-state index contributed by atoms with van der Waals surface area (Å²) in [5.41, 5.74) is 1.25. The van der Waals surface area contributed by atoms with E-state index in [1.54, 1.807) is 30.0 Å². The third kappa shape index (κ3) is 5.49. The predicted molar refractivity (Wildman–Crippen MR) is 106 cm³/mol. The lowest BCUT2D eigenvalue weighted by atomic mass is 10.1. The van der Waals surface area contributed by atoms with Crippen LogP contribution in [0.2, 0.25) is 0 Å². The van der Waals surface area contributed by atoms with Gasteiger partial charge < -0.3 is 19.3 Å². The van der Waals surface area contributed by atoms with Gasteiger partial charge in [-0.3, -0.25) is 4.79 Å². The predicted octanol–water partition coefficient (Wildman–Crippen LogP) is 3.35. The van der Waals surface area contributed by atoms with Crippen molar-refractivity contribution in [2.24, 2.45) is 0 Å². The second kappa shape index (κ2) is 8.46. The van der Waals surface area contributed by atoms with Crippen molar-refractivity contribution in [2.45, 2.75) is 45.3 Å². The number of likely N-dealkylation sites (tertiary alicyclic amines) is 1. The lowest BCUT2D eigenvalue weighted by molar-refractivity contribution is -0.131. The number of hydrogen-bond acceptors (Lipinski definition) is 4. The van der Waals surface area contributed by atoms with Crippen molar-refractivity contribution in [3.05, 3.63) is 35.9 Å². The van der Waals surface area contributed by atoms with E-state index in [1.165, 1.54) is 0 Å². The number of likely N-dealkylation sites (N-methyl/N-ethyl adjacent to an activating group) is 1. The molecule has 1 aliphatic rings. The second-order valence-corrected chi connectivity index (χ2v) is 7.83. The molecule has 0 radical (unpaired) electrons. The van der Waals surface area contributed by atoms with Gasteiger partial charge in [0.05, 0.1) is 19.6 Å². The number of rotatable bonds is 5. The van der Waals surface area contributed by atoms with E-state index in [1.807, 2.05) is 39.0 Å². The molecule has 1 fully saturated rings. The van der Waals surface area contributed by atoms with Crippen LogP contribution in [-0.4, -0.2) is 60.7 Å². The fourth-order valence-corrected chi connectivity index (χ4v) is 3.11. The topological polar surface area (TPSA) is 59.1 Å². The summed E-state index contributed by atoms with van der Waals surface area (Å²) in [7, 11) is 3.38. The Morgan fingerprint density at radius 3 is 2.67 bits per heavy atom. The highest BCUT2D eigenvalue weighted by atomic mass is 16.6. The van der Waals surface area contributed by atoms with Gasteiger partial charge >= 0.3 is 6.09 Å². The van der Waals surface area contributed by atoms with Gasteiger partial charge in [0.25, 0.3) is 0 Å². The molecule has 2 amide bonds. The molecule has 0 saturated carbocycles. The molecule has 1 aromatic rings. The van der Waals surface area contributed by atoms with Gasteiger partial charge in [-0.2, -0.15) is 0 Å². The average molecular weight is 374 g/mol. The molecule has 2 rings (SSSR count). The number of ether oxygens (including phenoxy) is 2. The van der Waals surface area contributed by atoms with E-state index in [0.29, 0.717) is 18.8 Å². The second-order valence-electron chi connectivity index (χ2n) is 7.83. The van der Waals surface area contributed by atoms with Crippen LogP contribution < -0.4 is 4.74 Å². The van der Waals surface area contributed by atoms with E-state index < -0.39 is 5.60 Å². The minimum Gasteiger partial charge on any atom is -0.496 e. The van der Waals surface area contributed by atoms with Gasteiger partial charge in [0.1, 0.15) is 11.4 Å². The smallest absolute Gasteiger partial charge is 0.410 e. The number of hydrogen-bond donors (Lipinski definition) is 0. The highest BCUT2D eigenvalue weighted by molar-refractivity contribution is 5.80. The van der Waals surface area contributed by atoms with Crippen LogP contribution >= 0.6 is 0 Å². The zero-order valence-electron chi connectivity index (χ0n) is 16.9. The van der Waals surface area contributed by atoms with E-state index in [-0.39, 0.29) is 24.5 Å².